The minimum Gasteiger partial charge on any atom is -0.395 e. The Morgan fingerprint density at radius 2 is 2.33 bits per heavy atom. The number of fused-ring (bicyclic) bond motifs is 1. The summed E-state index contributed by atoms with van der Waals surface area (Å²) in [5.74, 6) is 0.570. The summed E-state index contributed by atoms with van der Waals surface area (Å²) in [5.41, 5.74) is -0.0298. The third-order valence-corrected chi connectivity index (χ3v) is 4.58. The van der Waals surface area contributed by atoms with Crippen molar-refractivity contribution in [2.75, 3.05) is 12.4 Å². The summed E-state index contributed by atoms with van der Waals surface area (Å²) in [7, 11) is 0. The van der Waals surface area contributed by atoms with Crippen LogP contribution in [0, 0.1) is 5.41 Å². The molecule has 2 nitrogen and oxygen atoms in total. The Bertz CT molecular complexity index is 419. The monoisotopic (exact) mass is 242 g/mol. The number of rotatable bonds is 1. The summed E-state index contributed by atoms with van der Waals surface area (Å²) in [6.07, 6.45) is 0. The van der Waals surface area contributed by atoms with Gasteiger partial charge in [-0.1, -0.05) is 23.7 Å². The Labute approximate surface area is 97.6 Å². The lowest BCUT2D eigenvalue weighted by Gasteiger charge is -2.31. The lowest BCUT2D eigenvalue weighted by Crippen LogP contribution is -2.37. The molecule has 1 aliphatic heterocycles. The first-order valence-corrected chi connectivity index (χ1v) is 6.02. The Hall–Kier alpha value is -0.510. The molecule has 1 aromatic carbocycles. The number of carbonyl (C=O) groups is 1. The molecule has 1 aliphatic rings. The molecule has 1 N–H and O–H groups in total. The average molecular weight is 243 g/mol. The number of hydrogen-bond donors (Lipinski definition) is 1. The number of ketones is 1. The maximum Gasteiger partial charge on any atom is 0.173 e. The predicted molar refractivity (Wildman–Crippen MR) is 61.7 cm³/mol. The van der Waals surface area contributed by atoms with E-state index >= 15 is 0 Å². The molecule has 0 saturated carbocycles. The van der Waals surface area contributed by atoms with Crippen LogP contribution < -0.4 is 0 Å². The second-order valence-electron chi connectivity index (χ2n) is 3.95. The molecule has 0 bridgehead atoms. The van der Waals surface area contributed by atoms with Crippen molar-refractivity contribution in [1.82, 2.24) is 0 Å². The molecule has 1 unspecified atom stereocenters. The largest absolute Gasteiger partial charge is 0.395 e. The zero-order valence-electron chi connectivity index (χ0n) is 8.29. The van der Waals surface area contributed by atoms with E-state index in [-0.39, 0.29) is 12.4 Å². The van der Waals surface area contributed by atoms with Gasteiger partial charge in [-0.15, -0.1) is 11.8 Å². The van der Waals surface area contributed by atoms with E-state index in [0.717, 1.165) is 4.90 Å². The van der Waals surface area contributed by atoms with Gasteiger partial charge in [-0.05, 0) is 13.0 Å². The van der Waals surface area contributed by atoms with E-state index in [2.05, 4.69) is 0 Å². The van der Waals surface area contributed by atoms with Gasteiger partial charge in [0.1, 0.15) is 0 Å². The summed E-state index contributed by atoms with van der Waals surface area (Å²) in [5, 5.41) is 9.86. The van der Waals surface area contributed by atoms with Crippen LogP contribution in [-0.2, 0) is 0 Å². The van der Waals surface area contributed by atoms with Gasteiger partial charge in [0, 0.05) is 16.2 Å². The lowest BCUT2D eigenvalue weighted by molar-refractivity contribution is 0.0726. The maximum atomic E-state index is 12.1. The molecule has 1 aromatic rings. The van der Waals surface area contributed by atoms with Gasteiger partial charge >= 0.3 is 0 Å². The van der Waals surface area contributed by atoms with Crippen LogP contribution >= 0.6 is 23.4 Å². The van der Waals surface area contributed by atoms with Crippen molar-refractivity contribution in [3.63, 3.8) is 0 Å². The van der Waals surface area contributed by atoms with Gasteiger partial charge in [-0.25, -0.2) is 0 Å². The third-order valence-electron chi connectivity index (χ3n) is 2.64. The van der Waals surface area contributed by atoms with E-state index < -0.39 is 5.41 Å². The fourth-order valence-electron chi connectivity index (χ4n) is 1.57. The number of aliphatic hydroxyl groups excluding tert-OH is 1. The van der Waals surface area contributed by atoms with Crippen molar-refractivity contribution >= 4 is 29.1 Å². The van der Waals surface area contributed by atoms with Gasteiger partial charge in [0.2, 0.25) is 0 Å². The first-order chi connectivity index (χ1) is 7.08. The minimum absolute atomic E-state index is 0.0127. The van der Waals surface area contributed by atoms with Crippen LogP contribution in [0.1, 0.15) is 17.3 Å². The van der Waals surface area contributed by atoms with Gasteiger partial charge in [0.15, 0.2) is 5.78 Å². The number of thioether (sulfide) groups is 1. The van der Waals surface area contributed by atoms with E-state index in [1.807, 2.05) is 0 Å². The number of benzene rings is 1. The zero-order chi connectivity index (χ0) is 11.1. The molecule has 0 spiro atoms. The van der Waals surface area contributed by atoms with Crippen molar-refractivity contribution in [2.45, 2.75) is 11.8 Å². The highest BCUT2D eigenvalue weighted by atomic mass is 35.5. The average Bonchev–Trinajstić information content (AvgIpc) is 2.24. The maximum absolute atomic E-state index is 12.1. The number of Topliss-reactive ketones (excluding diaryl/α,β-unsaturated/α-hetero) is 1. The van der Waals surface area contributed by atoms with Crippen molar-refractivity contribution in [1.29, 1.82) is 0 Å². The van der Waals surface area contributed by atoms with Crippen molar-refractivity contribution in [2.24, 2.45) is 5.41 Å². The molecule has 80 valence electrons. The topological polar surface area (TPSA) is 37.3 Å². The molecule has 0 radical (unpaired) electrons. The first-order valence-electron chi connectivity index (χ1n) is 4.65. The Morgan fingerprint density at radius 3 is 3.00 bits per heavy atom. The second kappa shape index (κ2) is 3.81. The number of halogens is 1. The van der Waals surface area contributed by atoms with E-state index in [1.54, 1.807) is 25.1 Å². The quantitative estimate of drug-likeness (QED) is 0.823. The molecule has 0 aliphatic carbocycles. The van der Waals surface area contributed by atoms with Crippen LogP contribution in [0.5, 0.6) is 0 Å². The molecule has 1 atom stereocenters. The van der Waals surface area contributed by atoms with Gasteiger partial charge < -0.3 is 5.11 Å². The molecule has 0 saturated heterocycles. The van der Waals surface area contributed by atoms with Gasteiger partial charge in [0.25, 0.3) is 0 Å². The molecule has 2 rings (SSSR count). The Morgan fingerprint density at radius 1 is 1.60 bits per heavy atom. The summed E-state index contributed by atoms with van der Waals surface area (Å²) >= 11 is 7.55. The summed E-state index contributed by atoms with van der Waals surface area (Å²) in [4.78, 5) is 12.9. The fraction of sp³-hybridized carbons (Fsp3) is 0.364. The molecule has 0 aromatic heterocycles. The molecule has 1 heterocycles. The highest BCUT2D eigenvalue weighted by Crippen LogP contribution is 2.42. The second-order valence-corrected chi connectivity index (χ2v) is 5.35. The van der Waals surface area contributed by atoms with E-state index in [1.165, 1.54) is 11.8 Å². The smallest absolute Gasteiger partial charge is 0.173 e. The predicted octanol–water partition coefficient (Wildman–Crippen LogP) is 2.63. The normalized spacial score (nSPS) is 25.1. The van der Waals surface area contributed by atoms with Gasteiger partial charge in [-0.3, -0.25) is 4.79 Å². The highest BCUT2D eigenvalue weighted by molar-refractivity contribution is 7.99. The van der Waals surface area contributed by atoms with Crippen LogP contribution in [0.25, 0.3) is 0 Å². The summed E-state index contributed by atoms with van der Waals surface area (Å²) in [6, 6.07) is 5.31. The highest BCUT2D eigenvalue weighted by Gasteiger charge is 2.39. The van der Waals surface area contributed by atoms with Crippen LogP contribution in [0.2, 0.25) is 5.02 Å². The molecule has 4 heteroatoms. The van der Waals surface area contributed by atoms with Gasteiger partial charge in [-0.2, -0.15) is 0 Å². The molecular weight excluding hydrogens is 232 g/mol. The van der Waals surface area contributed by atoms with Crippen LogP contribution in [0.15, 0.2) is 23.1 Å². The number of carbonyl (C=O) groups excluding carboxylic acids is 1. The van der Waals surface area contributed by atoms with Crippen molar-refractivity contribution in [3.05, 3.63) is 28.8 Å². The molecule has 0 fully saturated rings. The van der Waals surface area contributed by atoms with E-state index in [9.17, 15) is 9.90 Å². The fourth-order valence-corrected chi connectivity index (χ4v) is 3.12. The van der Waals surface area contributed by atoms with Crippen LogP contribution in [0.4, 0.5) is 0 Å². The van der Waals surface area contributed by atoms with Gasteiger partial charge in [0.05, 0.1) is 17.0 Å². The minimum atomic E-state index is -0.664. The number of aliphatic hydroxyl groups is 1. The Balaban J connectivity index is 2.52. The summed E-state index contributed by atoms with van der Waals surface area (Å²) < 4.78 is 0. The van der Waals surface area contributed by atoms with E-state index in [0.29, 0.717) is 16.3 Å². The summed E-state index contributed by atoms with van der Waals surface area (Å²) in [6.45, 7) is 1.66. The third kappa shape index (κ3) is 1.69. The van der Waals surface area contributed by atoms with Crippen LogP contribution in [-0.4, -0.2) is 23.2 Å². The van der Waals surface area contributed by atoms with Crippen molar-refractivity contribution < 1.29 is 9.90 Å². The van der Waals surface area contributed by atoms with E-state index in [4.69, 9.17) is 11.6 Å². The Kier molecular flexibility index (Phi) is 2.79. The molecule has 0 amide bonds. The first kappa shape index (κ1) is 11.0. The zero-order valence-corrected chi connectivity index (χ0v) is 9.86. The number of hydrogen-bond acceptors (Lipinski definition) is 3. The van der Waals surface area contributed by atoms with Crippen LogP contribution in [0.3, 0.4) is 0 Å². The SMILES string of the molecule is CC1(CO)CSc2c(Cl)cccc2C1=O. The molecular formula is C11H11ClO2S. The van der Waals surface area contributed by atoms with Crippen molar-refractivity contribution in [3.8, 4) is 0 Å². The standard InChI is InChI=1S/C11H11ClO2S/c1-11(5-13)6-15-9-7(10(11)14)3-2-4-8(9)12/h2-4,13H,5-6H2,1H3. The molecule has 15 heavy (non-hydrogen) atoms. The lowest BCUT2D eigenvalue weighted by atomic mass is 9.84.